The van der Waals surface area contributed by atoms with Crippen LogP contribution in [0.25, 0.3) is 0 Å². The van der Waals surface area contributed by atoms with Gasteiger partial charge in [-0.1, -0.05) is 68.1 Å². The molecule has 1 N–H and O–H groups in total. The van der Waals surface area contributed by atoms with Gasteiger partial charge in [-0.25, -0.2) is 8.42 Å². The molecule has 0 unspecified atom stereocenters. The first-order chi connectivity index (χ1) is 17.4. The smallest absolute Gasteiger partial charge is 0.244 e. The molecule has 2 aromatic carbocycles. The molecule has 0 heterocycles. The van der Waals surface area contributed by atoms with E-state index in [0.29, 0.717) is 21.3 Å². The fourth-order valence-electron chi connectivity index (χ4n) is 4.47. The van der Waals surface area contributed by atoms with Crippen LogP contribution >= 0.6 is 23.2 Å². The van der Waals surface area contributed by atoms with Gasteiger partial charge in [0.1, 0.15) is 12.6 Å². The maximum Gasteiger partial charge on any atom is 0.244 e. The van der Waals surface area contributed by atoms with Gasteiger partial charge in [0.05, 0.1) is 11.9 Å². The SMILES string of the molecule is CC(C)c1ccc(N(CC(=O)N(Cc2c(Cl)cccc2Cl)[C@@H](C)C(=O)NC2CCCC2)S(C)(=O)=O)cc1. The predicted molar refractivity (Wildman–Crippen MR) is 150 cm³/mol. The molecule has 3 rings (SSSR count). The van der Waals surface area contributed by atoms with Gasteiger partial charge >= 0.3 is 0 Å². The van der Waals surface area contributed by atoms with E-state index in [9.17, 15) is 18.0 Å². The lowest BCUT2D eigenvalue weighted by atomic mass is 10.0. The molecule has 37 heavy (non-hydrogen) atoms. The number of nitrogens with one attached hydrogen (secondary N) is 1. The summed E-state index contributed by atoms with van der Waals surface area (Å²) < 4.78 is 26.5. The van der Waals surface area contributed by atoms with E-state index in [-0.39, 0.29) is 24.4 Å². The summed E-state index contributed by atoms with van der Waals surface area (Å²) in [6.45, 7) is 5.21. The van der Waals surface area contributed by atoms with Gasteiger partial charge in [0, 0.05) is 28.2 Å². The Kier molecular flexibility index (Phi) is 9.89. The first kappa shape index (κ1) is 29.3. The van der Waals surface area contributed by atoms with Gasteiger partial charge < -0.3 is 10.2 Å². The summed E-state index contributed by atoms with van der Waals surface area (Å²) in [5.41, 5.74) is 1.92. The Bertz CT molecular complexity index is 1190. The number of hydrogen-bond donors (Lipinski definition) is 1. The van der Waals surface area contributed by atoms with Crippen molar-refractivity contribution in [3.05, 3.63) is 63.6 Å². The molecule has 0 aromatic heterocycles. The van der Waals surface area contributed by atoms with Crippen LogP contribution < -0.4 is 9.62 Å². The van der Waals surface area contributed by atoms with E-state index < -0.39 is 28.5 Å². The Hall–Kier alpha value is -2.29. The summed E-state index contributed by atoms with van der Waals surface area (Å²) in [6.07, 6.45) is 4.96. The number of sulfonamides is 1. The summed E-state index contributed by atoms with van der Waals surface area (Å²) in [5, 5.41) is 3.75. The molecule has 2 amide bonds. The molecule has 1 aliphatic rings. The second-order valence-corrected chi connectivity index (χ2v) is 12.6. The zero-order valence-corrected chi connectivity index (χ0v) is 24.0. The molecule has 1 saturated carbocycles. The van der Waals surface area contributed by atoms with Gasteiger partial charge in [-0.2, -0.15) is 0 Å². The molecule has 0 spiro atoms. The Labute approximate surface area is 230 Å². The van der Waals surface area contributed by atoms with Gasteiger partial charge in [-0.3, -0.25) is 13.9 Å². The highest BCUT2D eigenvalue weighted by Crippen LogP contribution is 2.28. The highest BCUT2D eigenvalue weighted by atomic mass is 35.5. The lowest BCUT2D eigenvalue weighted by Crippen LogP contribution is -2.52. The first-order valence-corrected chi connectivity index (χ1v) is 15.1. The number of carbonyl (C=O) groups is 2. The number of anilines is 1. The van der Waals surface area contributed by atoms with E-state index in [0.717, 1.165) is 41.8 Å². The highest BCUT2D eigenvalue weighted by Gasteiger charge is 2.32. The fourth-order valence-corrected chi connectivity index (χ4v) is 5.83. The molecule has 1 atom stereocenters. The maximum atomic E-state index is 13.7. The van der Waals surface area contributed by atoms with Gasteiger partial charge in [0.25, 0.3) is 0 Å². The molecule has 0 saturated heterocycles. The second-order valence-electron chi connectivity index (χ2n) is 9.90. The second kappa shape index (κ2) is 12.5. The number of carbonyl (C=O) groups excluding carboxylic acids is 2. The van der Waals surface area contributed by atoms with Crippen LogP contribution in [-0.2, 0) is 26.2 Å². The minimum atomic E-state index is -3.80. The van der Waals surface area contributed by atoms with E-state index in [1.165, 1.54) is 4.90 Å². The Morgan fingerprint density at radius 1 is 1.00 bits per heavy atom. The largest absolute Gasteiger partial charge is 0.352 e. The number of benzene rings is 2. The van der Waals surface area contributed by atoms with Gasteiger partial charge in [0.2, 0.25) is 21.8 Å². The average Bonchev–Trinajstić information content (AvgIpc) is 3.34. The summed E-state index contributed by atoms with van der Waals surface area (Å²) in [6, 6.07) is 11.3. The van der Waals surface area contributed by atoms with Crippen molar-refractivity contribution in [2.24, 2.45) is 0 Å². The summed E-state index contributed by atoms with van der Waals surface area (Å²) in [7, 11) is -3.80. The third kappa shape index (κ3) is 7.62. The maximum absolute atomic E-state index is 13.7. The topological polar surface area (TPSA) is 86.8 Å². The minimum absolute atomic E-state index is 0.0412. The van der Waals surface area contributed by atoms with E-state index >= 15 is 0 Å². The van der Waals surface area contributed by atoms with Crippen LogP contribution in [0.4, 0.5) is 5.69 Å². The zero-order valence-electron chi connectivity index (χ0n) is 21.7. The van der Waals surface area contributed by atoms with Crippen LogP contribution in [0.15, 0.2) is 42.5 Å². The summed E-state index contributed by atoms with van der Waals surface area (Å²) >= 11 is 12.8. The number of halogens is 2. The van der Waals surface area contributed by atoms with Crippen molar-refractivity contribution >= 4 is 50.7 Å². The molecular weight excluding hydrogens is 533 g/mol. The van der Waals surface area contributed by atoms with Crippen LogP contribution in [0.2, 0.25) is 10.0 Å². The number of amides is 2. The highest BCUT2D eigenvalue weighted by molar-refractivity contribution is 7.92. The molecule has 202 valence electrons. The quantitative estimate of drug-likeness (QED) is 0.418. The lowest BCUT2D eigenvalue weighted by molar-refractivity contribution is -0.139. The summed E-state index contributed by atoms with van der Waals surface area (Å²) in [5.74, 6) is -0.559. The Morgan fingerprint density at radius 3 is 2.08 bits per heavy atom. The van der Waals surface area contributed by atoms with Crippen molar-refractivity contribution in [2.45, 2.75) is 71.0 Å². The third-order valence-corrected chi connectivity index (χ3v) is 8.63. The number of nitrogens with zero attached hydrogens (tertiary/aromatic N) is 2. The van der Waals surface area contributed by atoms with Gasteiger partial charge in [0.15, 0.2) is 0 Å². The van der Waals surface area contributed by atoms with Crippen molar-refractivity contribution in [2.75, 3.05) is 17.1 Å². The minimum Gasteiger partial charge on any atom is -0.352 e. The van der Waals surface area contributed by atoms with Crippen LogP contribution in [0.3, 0.4) is 0 Å². The number of hydrogen-bond acceptors (Lipinski definition) is 4. The first-order valence-electron chi connectivity index (χ1n) is 12.5. The standard InChI is InChI=1S/C27H35Cl2N3O4S/c1-18(2)20-12-14-22(15-13-20)32(37(4,35)36)17-26(33)31(16-23-24(28)10-7-11-25(23)29)19(3)27(34)30-21-8-5-6-9-21/h7,10-15,18-19,21H,5-6,8-9,16-17H2,1-4H3,(H,30,34)/t19-/m0/s1. The van der Waals surface area contributed by atoms with Gasteiger partial charge in [-0.15, -0.1) is 0 Å². The molecule has 1 fully saturated rings. The molecule has 0 bridgehead atoms. The molecule has 1 aliphatic carbocycles. The summed E-state index contributed by atoms with van der Waals surface area (Å²) in [4.78, 5) is 28.2. The van der Waals surface area contributed by atoms with Crippen LogP contribution in [0.5, 0.6) is 0 Å². The number of rotatable bonds is 10. The van der Waals surface area contributed by atoms with Crippen molar-refractivity contribution in [3.8, 4) is 0 Å². The Balaban J connectivity index is 1.92. The van der Waals surface area contributed by atoms with Crippen molar-refractivity contribution < 1.29 is 18.0 Å². The molecule has 0 aliphatic heterocycles. The average molecular weight is 569 g/mol. The van der Waals surface area contributed by atoms with Crippen molar-refractivity contribution in [1.29, 1.82) is 0 Å². The molecular formula is C27H35Cl2N3O4S. The Morgan fingerprint density at radius 2 is 1.57 bits per heavy atom. The van der Waals surface area contributed by atoms with E-state index in [2.05, 4.69) is 5.32 Å². The lowest BCUT2D eigenvalue weighted by Gasteiger charge is -2.32. The fraction of sp³-hybridized carbons (Fsp3) is 0.481. The van der Waals surface area contributed by atoms with E-state index in [1.807, 2.05) is 26.0 Å². The molecule has 0 radical (unpaired) electrons. The van der Waals surface area contributed by atoms with Gasteiger partial charge in [-0.05, 0) is 55.5 Å². The molecule has 10 heteroatoms. The van der Waals surface area contributed by atoms with Crippen molar-refractivity contribution in [3.63, 3.8) is 0 Å². The van der Waals surface area contributed by atoms with Crippen molar-refractivity contribution in [1.82, 2.24) is 10.2 Å². The van der Waals surface area contributed by atoms with E-state index in [1.54, 1.807) is 37.3 Å². The monoisotopic (exact) mass is 567 g/mol. The molecule has 7 nitrogen and oxygen atoms in total. The van der Waals surface area contributed by atoms with Crippen LogP contribution in [0.1, 0.15) is 63.5 Å². The van der Waals surface area contributed by atoms with E-state index in [4.69, 9.17) is 23.2 Å². The van der Waals surface area contributed by atoms with Crippen LogP contribution in [-0.4, -0.2) is 50.0 Å². The van der Waals surface area contributed by atoms with Crippen LogP contribution in [0, 0.1) is 0 Å². The third-order valence-electron chi connectivity index (χ3n) is 6.79. The zero-order chi connectivity index (χ0) is 27.3. The molecule has 2 aromatic rings. The predicted octanol–water partition coefficient (Wildman–Crippen LogP) is 5.36. The normalized spacial score (nSPS) is 15.0.